The molecule has 0 amide bonds. The Morgan fingerprint density at radius 1 is 1.32 bits per heavy atom. The Morgan fingerprint density at radius 2 is 1.96 bits per heavy atom. The lowest BCUT2D eigenvalue weighted by atomic mass is 10.1. The molecule has 0 aliphatic heterocycles. The molecule has 1 heterocycles. The maximum Gasteiger partial charge on any atom is 0.423 e. The Morgan fingerprint density at radius 3 is 2.48 bits per heavy atom. The summed E-state index contributed by atoms with van der Waals surface area (Å²) in [5, 5.41) is 21.8. The molecule has 0 radical (unpaired) electrons. The predicted molar refractivity (Wildman–Crippen MR) is 91.7 cm³/mol. The van der Waals surface area contributed by atoms with E-state index in [1.165, 1.54) is 17.8 Å². The molecule has 0 unspecified atom stereocenters. The van der Waals surface area contributed by atoms with Gasteiger partial charge in [-0.15, -0.1) is 0 Å². The second-order valence-electron chi connectivity index (χ2n) is 6.58. The normalized spacial score (nSPS) is 14.9. The number of nitro groups is 1. The summed E-state index contributed by atoms with van der Waals surface area (Å²) in [4.78, 5) is 12.7. The number of nitro benzene ring substituents is 1. The van der Waals surface area contributed by atoms with Crippen molar-refractivity contribution in [2.45, 2.75) is 32.5 Å². The van der Waals surface area contributed by atoms with Crippen LogP contribution < -0.4 is 0 Å². The lowest BCUT2D eigenvalue weighted by Crippen LogP contribution is -2.25. The largest absolute Gasteiger partial charge is 0.423 e. The average molecular weight is 376 g/mol. The fourth-order valence-corrected chi connectivity index (χ4v) is 3.55. The van der Waals surface area contributed by atoms with Gasteiger partial charge >= 0.3 is 6.18 Å². The van der Waals surface area contributed by atoms with Gasteiger partial charge in [0.2, 0.25) is 0 Å². The van der Waals surface area contributed by atoms with Crippen LogP contribution >= 0.6 is 11.8 Å². The summed E-state index contributed by atoms with van der Waals surface area (Å²) < 4.78 is 39.1. The highest BCUT2D eigenvalue weighted by Gasteiger charge is 2.39. The van der Waals surface area contributed by atoms with Gasteiger partial charge < -0.3 is 10.1 Å². The molecular weight excluding hydrogens is 357 g/mol. The second kappa shape index (κ2) is 6.87. The molecule has 25 heavy (non-hydrogen) atoms. The Kier molecular flexibility index (Phi) is 5.38. The monoisotopic (exact) mass is 376 g/mol. The van der Waals surface area contributed by atoms with E-state index in [-0.39, 0.29) is 10.9 Å². The maximum atomic E-state index is 13.0. The third-order valence-corrected chi connectivity index (χ3v) is 5.32. The van der Waals surface area contributed by atoms with Crippen molar-refractivity contribution in [3.63, 3.8) is 0 Å². The van der Waals surface area contributed by atoms with Gasteiger partial charge in [-0.25, -0.2) is 0 Å². The predicted octanol–water partition coefficient (Wildman–Crippen LogP) is 4.69. The van der Waals surface area contributed by atoms with Crippen LogP contribution in [0, 0.1) is 16.0 Å². The standard InChI is InChI=1S/C16H19F3N2O3S/c1-9(2)7-25-8-15(3,22)14-5-10-4-13(21(23)24)11(16(17,18)19)6-12(10)20-14/h4-6,9,20,22H,7-8H2,1-3H3/t15-/m1/s1. The van der Waals surface area contributed by atoms with Crippen molar-refractivity contribution in [1.82, 2.24) is 4.98 Å². The molecule has 2 rings (SSSR count). The molecule has 0 saturated carbocycles. The average Bonchev–Trinajstić information content (AvgIpc) is 2.88. The van der Waals surface area contributed by atoms with E-state index in [1.807, 2.05) is 13.8 Å². The third kappa shape index (κ3) is 4.46. The Balaban J connectivity index is 2.43. The number of nitrogens with zero attached hydrogens (tertiary/aromatic N) is 1. The number of aliphatic hydroxyl groups is 1. The lowest BCUT2D eigenvalue weighted by Gasteiger charge is -2.22. The first-order valence-corrected chi connectivity index (χ1v) is 8.76. The summed E-state index contributed by atoms with van der Waals surface area (Å²) in [7, 11) is 0. The molecule has 138 valence electrons. The molecule has 0 bridgehead atoms. The maximum absolute atomic E-state index is 13.0. The minimum Gasteiger partial charge on any atom is -0.383 e. The second-order valence-corrected chi connectivity index (χ2v) is 7.61. The fraction of sp³-hybridized carbons (Fsp3) is 0.500. The number of nitrogens with one attached hydrogen (secondary N) is 1. The van der Waals surface area contributed by atoms with Gasteiger partial charge in [0.1, 0.15) is 11.2 Å². The highest BCUT2D eigenvalue weighted by molar-refractivity contribution is 7.99. The fourth-order valence-electron chi connectivity index (χ4n) is 2.41. The molecule has 2 N–H and O–H groups in total. The van der Waals surface area contributed by atoms with Crippen molar-refractivity contribution in [2.24, 2.45) is 5.92 Å². The summed E-state index contributed by atoms with van der Waals surface area (Å²) in [6.07, 6.45) is -4.84. The van der Waals surface area contributed by atoms with E-state index in [0.717, 1.165) is 11.8 Å². The molecule has 2 aromatic rings. The molecule has 0 fully saturated rings. The summed E-state index contributed by atoms with van der Waals surface area (Å²) >= 11 is 1.53. The lowest BCUT2D eigenvalue weighted by molar-refractivity contribution is -0.387. The van der Waals surface area contributed by atoms with E-state index >= 15 is 0 Å². The summed E-state index contributed by atoms with van der Waals surface area (Å²) in [6, 6.07) is 3.06. The number of fused-ring (bicyclic) bond motifs is 1. The van der Waals surface area contributed by atoms with Crippen molar-refractivity contribution >= 4 is 28.4 Å². The highest BCUT2D eigenvalue weighted by atomic mass is 32.2. The van der Waals surface area contributed by atoms with Crippen LogP contribution in [0.25, 0.3) is 10.9 Å². The number of H-pyrrole nitrogens is 1. The third-order valence-electron chi connectivity index (χ3n) is 3.65. The van der Waals surface area contributed by atoms with Crippen LogP contribution in [0.15, 0.2) is 18.2 Å². The van der Waals surface area contributed by atoms with E-state index in [4.69, 9.17) is 0 Å². The van der Waals surface area contributed by atoms with Crippen LogP contribution in [0.1, 0.15) is 32.0 Å². The topological polar surface area (TPSA) is 79.2 Å². The van der Waals surface area contributed by atoms with Gasteiger partial charge in [-0.2, -0.15) is 24.9 Å². The molecule has 1 aromatic carbocycles. The van der Waals surface area contributed by atoms with Gasteiger partial charge in [0.25, 0.3) is 5.69 Å². The first kappa shape index (κ1) is 19.6. The molecular formula is C16H19F3N2O3S. The number of aromatic amines is 1. The van der Waals surface area contributed by atoms with Crippen LogP contribution in [-0.2, 0) is 11.8 Å². The SMILES string of the molecule is CC(C)CSC[C@@](C)(O)c1cc2cc([N+](=O)[O-])c(C(F)(F)F)cc2[nH]1. The first-order valence-electron chi connectivity index (χ1n) is 7.61. The minimum atomic E-state index is -4.84. The molecule has 1 atom stereocenters. The van der Waals surface area contributed by atoms with Crippen LogP contribution in [0.3, 0.4) is 0 Å². The Hall–Kier alpha value is -1.74. The first-order chi connectivity index (χ1) is 11.4. The van der Waals surface area contributed by atoms with Crippen molar-refractivity contribution in [1.29, 1.82) is 0 Å². The van der Waals surface area contributed by atoms with Gasteiger partial charge in [0.15, 0.2) is 0 Å². The molecule has 0 aliphatic rings. The van der Waals surface area contributed by atoms with Crippen LogP contribution in [0.5, 0.6) is 0 Å². The number of halogens is 3. The van der Waals surface area contributed by atoms with E-state index < -0.39 is 28.0 Å². The zero-order valence-electron chi connectivity index (χ0n) is 14.0. The zero-order chi connectivity index (χ0) is 19.0. The number of hydrogen-bond acceptors (Lipinski definition) is 4. The number of hydrogen-bond donors (Lipinski definition) is 2. The van der Waals surface area contributed by atoms with Gasteiger partial charge in [-0.05, 0) is 30.7 Å². The van der Waals surface area contributed by atoms with E-state index in [9.17, 15) is 28.4 Å². The van der Waals surface area contributed by atoms with Crippen LogP contribution in [-0.4, -0.2) is 26.5 Å². The van der Waals surface area contributed by atoms with Gasteiger partial charge in [-0.1, -0.05) is 13.8 Å². The van der Waals surface area contributed by atoms with Crippen molar-refractivity contribution < 1.29 is 23.2 Å². The smallest absolute Gasteiger partial charge is 0.383 e. The summed E-state index contributed by atoms with van der Waals surface area (Å²) in [5.41, 5.74) is -3.17. The molecule has 0 aliphatic carbocycles. The summed E-state index contributed by atoms with van der Waals surface area (Å²) in [5.74, 6) is 1.63. The number of benzene rings is 1. The quantitative estimate of drug-likeness (QED) is 0.566. The zero-order valence-corrected chi connectivity index (χ0v) is 14.8. The molecule has 0 saturated heterocycles. The molecule has 5 nitrogen and oxygen atoms in total. The van der Waals surface area contributed by atoms with Gasteiger partial charge in [0, 0.05) is 28.4 Å². The number of thioether (sulfide) groups is 1. The molecule has 0 spiro atoms. The molecule has 1 aromatic heterocycles. The van der Waals surface area contributed by atoms with Gasteiger partial charge in [-0.3, -0.25) is 10.1 Å². The van der Waals surface area contributed by atoms with E-state index in [2.05, 4.69) is 4.98 Å². The van der Waals surface area contributed by atoms with E-state index in [0.29, 0.717) is 23.4 Å². The number of rotatable bonds is 6. The van der Waals surface area contributed by atoms with Crippen LogP contribution in [0.4, 0.5) is 18.9 Å². The van der Waals surface area contributed by atoms with Crippen molar-refractivity contribution in [3.05, 3.63) is 39.6 Å². The van der Waals surface area contributed by atoms with Crippen LogP contribution in [0.2, 0.25) is 0 Å². The van der Waals surface area contributed by atoms with Gasteiger partial charge in [0.05, 0.1) is 4.92 Å². The number of aromatic nitrogens is 1. The minimum absolute atomic E-state index is 0.0991. The van der Waals surface area contributed by atoms with Crippen molar-refractivity contribution in [3.8, 4) is 0 Å². The van der Waals surface area contributed by atoms with E-state index in [1.54, 1.807) is 6.92 Å². The summed E-state index contributed by atoms with van der Waals surface area (Å²) in [6.45, 7) is 5.65. The van der Waals surface area contributed by atoms with Crippen molar-refractivity contribution in [2.75, 3.05) is 11.5 Å². The number of alkyl halides is 3. The highest BCUT2D eigenvalue weighted by Crippen LogP contribution is 2.39. The Bertz CT molecular complexity index is 785. The molecule has 9 heteroatoms. The Labute approximate surface area is 146 Å².